The summed E-state index contributed by atoms with van der Waals surface area (Å²) in [6.45, 7) is 3.72. The van der Waals surface area contributed by atoms with Crippen molar-refractivity contribution in [3.63, 3.8) is 0 Å². The van der Waals surface area contributed by atoms with Crippen LogP contribution in [0.15, 0.2) is 72.1 Å². The van der Waals surface area contributed by atoms with Gasteiger partial charge in [0.2, 0.25) is 10.0 Å². The molecular formula is C16H16N2O4S. The number of hydrogen-bond donors (Lipinski definition) is 0. The molecule has 0 atom stereocenters. The SMILES string of the molecule is C=CCN(Cc1cccc([N+](=O)[O-])c1)S(=O)(=O)c1ccccc1. The van der Waals surface area contributed by atoms with E-state index in [2.05, 4.69) is 6.58 Å². The molecule has 0 saturated heterocycles. The van der Waals surface area contributed by atoms with Crippen LogP contribution in [-0.4, -0.2) is 24.2 Å². The third-order valence-electron chi connectivity index (χ3n) is 3.19. The zero-order valence-corrected chi connectivity index (χ0v) is 13.1. The minimum absolute atomic E-state index is 0.0327. The largest absolute Gasteiger partial charge is 0.269 e. The minimum atomic E-state index is -3.70. The molecule has 2 rings (SSSR count). The standard InChI is InChI=1S/C16H16N2O4S/c1-2-11-17(23(21,22)16-9-4-3-5-10-16)13-14-7-6-8-15(12-14)18(19)20/h2-10,12H,1,11,13H2. The van der Waals surface area contributed by atoms with E-state index in [4.69, 9.17) is 0 Å². The molecule has 0 saturated carbocycles. The highest BCUT2D eigenvalue weighted by Gasteiger charge is 2.23. The van der Waals surface area contributed by atoms with E-state index in [1.54, 1.807) is 24.3 Å². The van der Waals surface area contributed by atoms with Crippen LogP contribution in [0.1, 0.15) is 5.56 Å². The van der Waals surface area contributed by atoms with Crippen LogP contribution in [0.2, 0.25) is 0 Å². The maximum atomic E-state index is 12.7. The molecule has 6 nitrogen and oxygen atoms in total. The van der Waals surface area contributed by atoms with Gasteiger partial charge in [-0.25, -0.2) is 8.42 Å². The fraction of sp³-hybridized carbons (Fsp3) is 0.125. The summed E-state index contributed by atoms with van der Waals surface area (Å²) in [5, 5.41) is 10.8. The number of hydrogen-bond acceptors (Lipinski definition) is 4. The summed E-state index contributed by atoms with van der Waals surface area (Å²) in [6.07, 6.45) is 1.48. The molecule has 0 radical (unpaired) electrons. The Morgan fingerprint density at radius 2 is 1.83 bits per heavy atom. The predicted octanol–water partition coefficient (Wildman–Crippen LogP) is 2.97. The lowest BCUT2D eigenvalue weighted by Gasteiger charge is -2.20. The lowest BCUT2D eigenvalue weighted by atomic mass is 10.2. The van der Waals surface area contributed by atoms with Gasteiger partial charge in [-0.3, -0.25) is 10.1 Å². The van der Waals surface area contributed by atoms with Crippen molar-refractivity contribution in [3.8, 4) is 0 Å². The quantitative estimate of drug-likeness (QED) is 0.443. The van der Waals surface area contributed by atoms with Crippen molar-refractivity contribution < 1.29 is 13.3 Å². The molecule has 7 heteroatoms. The second-order valence-corrected chi connectivity index (χ2v) is 6.76. The lowest BCUT2D eigenvalue weighted by Crippen LogP contribution is -2.30. The number of benzene rings is 2. The summed E-state index contributed by atoms with van der Waals surface area (Å²) >= 11 is 0. The molecule has 0 spiro atoms. The summed E-state index contributed by atoms with van der Waals surface area (Å²) in [7, 11) is -3.70. The van der Waals surface area contributed by atoms with Gasteiger partial charge in [-0.05, 0) is 17.7 Å². The maximum absolute atomic E-state index is 12.7. The molecule has 0 bridgehead atoms. The number of sulfonamides is 1. The van der Waals surface area contributed by atoms with Gasteiger partial charge in [-0.15, -0.1) is 6.58 Å². The van der Waals surface area contributed by atoms with Crippen LogP contribution in [0, 0.1) is 10.1 Å². The Kier molecular flexibility index (Phi) is 5.25. The highest BCUT2D eigenvalue weighted by molar-refractivity contribution is 7.89. The molecule has 0 fully saturated rings. The highest BCUT2D eigenvalue weighted by Crippen LogP contribution is 2.20. The maximum Gasteiger partial charge on any atom is 0.269 e. The molecular weight excluding hydrogens is 316 g/mol. The van der Waals surface area contributed by atoms with Crippen LogP contribution in [0.3, 0.4) is 0 Å². The fourth-order valence-corrected chi connectivity index (χ4v) is 3.53. The Morgan fingerprint density at radius 1 is 1.13 bits per heavy atom. The van der Waals surface area contributed by atoms with E-state index >= 15 is 0 Å². The van der Waals surface area contributed by atoms with Gasteiger partial charge in [-0.1, -0.05) is 36.4 Å². The van der Waals surface area contributed by atoms with Crippen LogP contribution in [0.5, 0.6) is 0 Å². The fourth-order valence-electron chi connectivity index (χ4n) is 2.11. The van der Waals surface area contributed by atoms with Crippen molar-refractivity contribution in [2.45, 2.75) is 11.4 Å². The van der Waals surface area contributed by atoms with E-state index in [0.717, 1.165) is 0 Å². The normalized spacial score (nSPS) is 11.3. The first kappa shape index (κ1) is 16.9. The number of non-ortho nitro benzene ring substituents is 1. The molecule has 120 valence electrons. The average Bonchev–Trinajstić information content (AvgIpc) is 2.55. The van der Waals surface area contributed by atoms with Crippen molar-refractivity contribution >= 4 is 15.7 Å². The van der Waals surface area contributed by atoms with Gasteiger partial charge in [0.15, 0.2) is 0 Å². The Morgan fingerprint density at radius 3 is 2.43 bits per heavy atom. The van der Waals surface area contributed by atoms with Gasteiger partial charge in [-0.2, -0.15) is 4.31 Å². The van der Waals surface area contributed by atoms with Gasteiger partial charge in [0.05, 0.1) is 9.82 Å². The van der Waals surface area contributed by atoms with Gasteiger partial charge in [0.25, 0.3) is 5.69 Å². The molecule has 2 aromatic carbocycles. The average molecular weight is 332 g/mol. The Balaban J connectivity index is 2.34. The van der Waals surface area contributed by atoms with E-state index in [0.29, 0.717) is 5.56 Å². The monoisotopic (exact) mass is 332 g/mol. The molecule has 0 aliphatic rings. The number of rotatable bonds is 7. The molecule has 0 unspecified atom stereocenters. The summed E-state index contributed by atoms with van der Waals surface area (Å²) in [5.41, 5.74) is 0.471. The van der Waals surface area contributed by atoms with Crippen LogP contribution in [0.25, 0.3) is 0 Å². The molecule has 23 heavy (non-hydrogen) atoms. The van der Waals surface area contributed by atoms with E-state index in [-0.39, 0.29) is 23.7 Å². The van der Waals surface area contributed by atoms with Crippen LogP contribution < -0.4 is 0 Å². The first-order valence-electron chi connectivity index (χ1n) is 6.84. The molecule has 0 aromatic heterocycles. The van der Waals surface area contributed by atoms with E-state index in [1.165, 1.54) is 40.7 Å². The molecule has 0 N–H and O–H groups in total. The highest BCUT2D eigenvalue weighted by atomic mass is 32.2. The first-order chi connectivity index (χ1) is 10.9. The summed E-state index contributed by atoms with van der Waals surface area (Å²) in [4.78, 5) is 10.5. The molecule has 0 amide bonds. The van der Waals surface area contributed by atoms with E-state index in [1.807, 2.05) is 0 Å². The zero-order valence-electron chi connectivity index (χ0n) is 12.3. The number of nitrogens with zero attached hydrogens (tertiary/aromatic N) is 2. The molecule has 2 aromatic rings. The van der Waals surface area contributed by atoms with Crippen molar-refractivity contribution in [1.29, 1.82) is 0 Å². The summed E-state index contributed by atoms with van der Waals surface area (Å²) in [6, 6.07) is 14.0. The van der Waals surface area contributed by atoms with Crippen molar-refractivity contribution in [1.82, 2.24) is 4.31 Å². The predicted molar refractivity (Wildman–Crippen MR) is 87.3 cm³/mol. The second-order valence-electron chi connectivity index (χ2n) is 4.83. The molecule has 0 heterocycles. The number of nitro groups is 1. The minimum Gasteiger partial charge on any atom is -0.258 e. The molecule has 0 aliphatic heterocycles. The Hall–Kier alpha value is -2.51. The zero-order chi connectivity index (χ0) is 16.9. The van der Waals surface area contributed by atoms with Crippen molar-refractivity contribution in [2.75, 3.05) is 6.54 Å². The van der Waals surface area contributed by atoms with Crippen molar-refractivity contribution in [3.05, 3.63) is 82.9 Å². The van der Waals surface area contributed by atoms with Gasteiger partial charge < -0.3 is 0 Å². The van der Waals surface area contributed by atoms with Crippen molar-refractivity contribution in [2.24, 2.45) is 0 Å². The number of nitro benzene ring substituents is 1. The first-order valence-corrected chi connectivity index (χ1v) is 8.28. The van der Waals surface area contributed by atoms with Crippen LogP contribution in [-0.2, 0) is 16.6 Å². The third-order valence-corrected chi connectivity index (χ3v) is 5.02. The van der Waals surface area contributed by atoms with Gasteiger partial charge in [0.1, 0.15) is 0 Å². The van der Waals surface area contributed by atoms with E-state index < -0.39 is 14.9 Å². The Bertz CT molecular complexity index is 804. The van der Waals surface area contributed by atoms with E-state index in [9.17, 15) is 18.5 Å². The topological polar surface area (TPSA) is 80.5 Å². The Labute approximate surface area is 134 Å². The second kappa shape index (κ2) is 7.17. The van der Waals surface area contributed by atoms with Gasteiger partial charge in [0, 0.05) is 25.2 Å². The summed E-state index contributed by atoms with van der Waals surface area (Å²) < 4.78 is 26.6. The lowest BCUT2D eigenvalue weighted by molar-refractivity contribution is -0.384. The van der Waals surface area contributed by atoms with Gasteiger partial charge >= 0.3 is 0 Å². The third kappa shape index (κ3) is 4.02. The van der Waals surface area contributed by atoms with Crippen LogP contribution >= 0.6 is 0 Å². The smallest absolute Gasteiger partial charge is 0.258 e. The van der Waals surface area contributed by atoms with Crippen LogP contribution in [0.4, 0.5) is 5.69 Å². The summed E-state index contributed by atoms with van der Waals surface area (Å²) in [5.74, 6) is 0. The molecule has 0 aliphatic carbocycles.